The van der Waals surface area contributed by atoms with E-state index >= 15 is 0 Å². The molecule has 0 aromatic heterocycles. The van der Waals surface area contributed by atoms with Gasteiger partial charge in [-0.05, 0) is 24.1 Å². The third-order valence-electron chi connectivity index (χ3n) is 1.70. The molecule has 1 aromatic carbocycles. The summed E-state index contributed by atoms with van der Waals surface area (Å²) in [6.45, 7) is 2.04. The zero-order valence-electron chi connectivity index (χ0n) is 6.81. The van der Waals surface area contributed by atoms with Crippen LogP contribution in [0.2, 0.25) is 0 Å². The lowest BCUT2D eigenvalue weighted by atomic mass is 10.1. The fraction of sp³-hybridized carbons (Fsp3) is 0.222. The van der Waals surface area contributed by atoms with Crippen molar-refractivity contribution in [3.8, 4) is 0 Å². The maximum absolute atomic E-state index is 7.03. The molecule has 1 rings (SSSR count). The van der Waals surface area contributed by atoms with Crippen LogP contribution >= 0.6 is 0 Å². The minimum Gasteiger partial charge on any atom is -0.388 e. The lowest BCUT2D eigenvalue weighted by Gasteiger charge is -2.04. The van der Waals surface area contributed by atoms with Gasteiger partial charge in [0.1, 0.15) is 0 Å². The summed E-state index contributed by atoms with van der Waals surface area (Å²) in [5.41, 5.74) is 3.23. The Hall–Kier alpha value is -1.31. The minimum absolute atomic E-state index is 0.931. The molecule has 0 saturated heterocycles. The Kier molecular flexibility index (Phi) is 2.26. The normalized spacial score (nSPS) is 9.27. The quantitative estimate of drug-likeness (QED) is 0.618. The van der Waals surface area contributed by atoms with Crippen LogP contribution < -0.4 is 5.32 Å². The molecule has 11 heavy (non-hydrogen) atoms. The summed E-state index contributed by atoms with van der Waals surface area (Å²) in [6.07, 6.45) is 1.35. The first kappa shape index (κ1) is 7.79. The van der Waals surface area contributed by atoms with Crippen LogP contribution in [0.5, 0.6) is 0 Å². The van der Waals surface area contributed by atoms with Crippen molar-refractivity contribution in [3.63, 3.8) is 0 Å². The van der Waals surface area contributed by atoms with Gasteiger partial charge in [-0.15, -0.1) is 0 Å². The summed E-state index contributed by atoms with van der Waals surface area (Å²) in [6, 6.07) is 5.90. The molecule has 0 heterocycles. The van der Waals surface area contributed by atoms with Gasteiger partial charge in [0.2, 0.25) is 0 Å². The van der Waals surface area contributed by atoms with Crippen LogP contribution in [0, 0.1) is 12.3 Å². The number of nitrogens with one attached hydrogen (secondary N) is 2. The van der Waals surface area contributed by atoms with E-state index in [2.05, 4.69) is 5.32 Å². The molecule has 0 aliphatic heterocycles. The fourth-order valence-corrected chi connectivity index (χ4v) is 0.999. The van der Waals surface area contributed by atoms with Crippen LogP contribution in [0.25, 0.3) is 0 Å². The van der Waals surface area contributed by atoms with Gasteiger partial charge < -0.3 is 10.7 Å². The number of aryl methyl sites for hydroxylation is 1. The molecule has 0 amide bonds. The van der Waals surface area contributed by atoms with Crippen LogP contribution in [0.15, 0.2) is 18.2 Å². The lowest BCUT2D eigenvalue weighted by Crippen LogP contribution is -1.92. The molecule has 0 fully saturated rings. The topological polar surface area (TPSA) is 35.9 Å². The van der Waals surface area contributed by atoms with Crippen LogP contribution in [-0.4, -0.2) is 13.3 Å². The molecule has 58 valence electrons. The number of benzene rings is 1. The second-order valence-electron chi connectivity index (χ2n) is 2.47. The van der Waals surface area contributed by atoms with Gasteiger partial charge in [-0.3, -0.25) is 0 Å². The molecule has 0 unspecified atom stereocenters. The third kappa shape index (κ3) is 1.58. The van der Waals surface area contributed by atoms with Crippen LogP contribution in [0.3, 0.4) is 0 Å². The van der Waals surface area contributed by atoms with Gasteiger partial charge in [0, 0.05) is 18.9 Å². The van der Waals surface area contributed by atoms with Gasteiger partial charge >= 0.3 is 0 Å². The van der Waals surface area contributed by atoms with Crippen molar-refractivity contribution in [2.24, 2.45) is 0 Å². The van der Waals surface area contributed by atoms with Gasteiger partial charge in [0.25, 0.3) is 0 Å². The highest BCUT2D eigenvalue weighted by Crippen LogP contribution is 2.14. The molecule has 2 heteroatoms. The Balaban J connectivity index is 3.12. The molecule has 0 aliphatic carbocycles. The summed E-state index contributed by atoms with van der Waals surface area (Å²) >= 11 is 0. The molecule has 0 bridgehead atoms. The predicted octanol–water partition coefficient (Wildman–Crippen LogP) is 2.03. The molecular formula is C9H12N2. The van der Waals surface area contributed by atoms with E-state index in [1.54, 1.807) is 0 Å². The maximum Gasteiger partial charge on any atom is 0.0373 e. The number of hydrogen-bond donors (Lipinski definition) is 2. The van der Waals surface area contributed by atoms with E-state index in [1.807, 2.05) is 32.2 Å². The SMILES string of the molecule is CNc1cc(C=N)ccc1C. The highest BCUT2D eigenvalue weighted by atomic mass is 14.8. The summed E-state index contributed by atoms with van der Waals surface area (Å²) < 4.78 is 0. The van der Waals surface area contributed by atoms with Crippen molar-refractivity contribution in [1.29, 1.82) is 5.41 Å². The van der Waals surface area contributed by atoms with Crippen LogP contribution in [0.4, 0.5) is 5.69 Å². The van der Waals surface area contributed by atoms with Gasteiger partial charge in [0.15, 0.2) is 0 Å². The monoisotopic (exact) mass is 148 g/mol. The van der Waals surface area contributed by atoms with E-state index in [9.17, 15) is 0 Å². The van der Waals surface area contributed by atoms with Crippen molar-refractivity contribution in [1.82, 2.24) is 0 Å². The lowest BCUT2D eigenvalue weighted by molar-refractivity contribution is 1.40. The first-order valence-corrected chi connectivity index (χ1v) is 3.57. The molecule has 0 radical (unpaired) electrons. The summed E-state index contributed by atoms with van der Waals surface area (Å²) in [4.78, 5) is 0. The third-order valence-corrected chi connectivity index (χ3v) is 1.70. The van der Waals surface area contributed by atoms with E-state index in [0.717, 1.165) is 11.3 Å². The van der Waals surface area contributed by atoms with E-state index in [0.29, 0.717) is 0 Å². The van der Waals surface area contributed by atoms with Crippen LogP contribution in [-0.2, 0) is 0 Å². The molecular weight excluding hydrogens is 136 g/mol. The van der Waals surface area contributed by atoms with Gasteiger partial charge in [-0.1, -0.05) is 12.1 Å². The summed E-state index contributed by atoms with van der Waals surface area (Å²) in [5.74, 6) is 0. The number of hydrogen-bond acceptors (Lipinski definition) is 2. The molecule has 0 spiro atoms. The number of rotatable bonds is 2. The fourth-order valence-electron chi connectivity index (χ4n) is 0.999. The van der Waals surface area contributed by atoms with Crippen molar-refractivity contribution in [3.05, 3.63) is 29.3 Å². The average Bonchev–Trinajstić information content (AvgIpc) is 2.05. The second kappa shape index (κ2) is 3.19. The second-order valence-corrected chi connectivity index (χ2v) is 2.47. The van der Waals surface area contributed by atoms with E-state index in [-0.39, 0.29) is 0 Å². The average molecular weight is 148 g/mol. The van der Waals surface area contributed by atoms with Crippen LogP contribution in [0.1, 0.15) is 11.1 Å². The Morgan fingerprint density at radius 1 is 1.45 bits per heavy atom. The van der Waals surface area contributed by atoms with Crippen molar-refractivity contribution in [2.75, 3.05) is 12.4 Å². The molecule has 0 saturated carbocycles. The smallest absolute Gasteiger partial charge is 0.0373 e. The molecule has 0 atom stereocenters. The standard InChI is InChI=1S/C9H12N2/c1-7-3-4-8(6-10)5-9(7)11-2/h3-6,10-11H,1-2H3. The highest BCUT2D eigenvalue weighted by molar-refractivity contribution is 5.79. The largest absolute Gasteiger partial charge is 0.388 e. The van der Waals surface area contributed by atoms with Gasteiger partial charge in [-0.25, -0.2) is 0 Å². The Bertz CT molecular complexity index is 266. The zero-order valence-corrected chi connectivity index (χ0v) is 6.81. The first-order valence-electron chi connectivity index (χ1n) is 3.57. The molecule has 0 aliphatic rings. The van der Waals surface area contributed by atoms with Crippen molar-refractivity contribution >= 4 is 11.9 Å². The number of anilines is 1. The van der Waals surface area contributed by atoms with Gasteiger partial charge in [0.05, 0.1) is 0 Å². The van der Waals surface area contributed by atoms with Gasteiger partial charge in [-0.2, -0.15) is 0 Å². The van der Waals surface area contributed by atoms with Crippen molar-refractivity contribution < 1.29 is 0 Å². The summed E-state index contributed by atoms with van der Waals surface area (Å²) in [7, 11) is 1.88. The summed E-state index contributed by atoms with van der Waals surface area (Å²) in [5, 5.41) is 10.1. The van der Waals surface area contributed by atoms with Crippen molar-refractivity contribution in [2.45, 2.75) is 6.92 Å². The molecule has 2 nitrogen and oxygen atoms in total. The van der Waals surface area contributed by atoms with E-state index in [4.69, 9.17) is 5.41 Å². The Morgan fingerprint density at radius 2 is 2.18 bits per heavy atom. The van der Waals surface area contributed by atoms with E-state index in [1.165, 1.54) is 11.8 Å². The zero-order chi connectivity index (χ0) is 8.27. The maximum atomic E-state index is 7.03. The Labute approximate surface area is 66.8 Å². The first-order chi connectivity index (χ1) is 5.27. The predicted molar refractivity (Wildman–Crippen MR) is 48.6 cm³/mol. The van der Waals surface area contributed by atoms with E-state index < -0.39 is 0 Å². The molecule has 1 aromatic rings. The highest BCUT2D eigenvalue weighted by Gasteiger charge is 1.94. The Morgan fingerprint density at radius 3 is 2.73 bits per heavy atom. The minimum atomic E-state index is 0.931. The molecule has 2 N–H and O–H groups in total.